The zero-order valence-electron chi connectivity index (χ0n) is 17.2. The molecule has 2 heterocycles. The van der Waals surface area contributed by atoms with Crippen LogP contribution in [0.4, 0.5) is 11.4 Å². The van der Waals surface area contributed by atoms with E-state index in [4.69, 9.17) is 10.6 Å². The third-order valence-corrected chi connectivity index (χ3v) is 6.53. The second-order valence-corrected chi connectivity index (χ2v) is 8.54. The standard InChI is InChI=1S/C21H17N5O5S2/c1-31-13-7-8-15(16(9-13)26(29)30)23-17(27)11-33-21-24-19-18(20(28)25(21)22)14(10-32-19)12-5-3-2-4-6-12/h2-10H,11,22H2,1H3,(H,23,27). The summed E-state index contributed by atoms with van der Waals surface area (Å²) < 4.78 is 5.90. The summed E-state index contributed by atoms with van der Waals surface area (Å²) in [5.74, 6) is 5.60. The molecule has 0 saturated heterocycles. The number of fused-ring (bicyclic) bond motifs is 1. The first-order valence-corrected chi connectivity index (χ1v) is 11.4. The van der Waals surface area contributed by atoms with Crippen molar-refractivity contribution in [1.82, 2.24) is 9.66 Å². The minimum absolute atomic E-state index is 0.0331. The van der Waals surface area contributed by atoms with Crippen LogP contribution in [0.3, 0.4) is 0 Å². The quantitative estimate of drug-likeness (QED) is 0.134. The Morgan fingerprint density at radius 3 is 2.76 bits per heavy atom. The van der Waals surface area contributed by atoms with E-state index >= 15 is 0 Å². The van der Waals surface area contributed by atoms with Crippen LogP contribution in [-0.2, 0) is 4.79 Å². The first kappa shape index (κ1) is 22.3. The predicted molar refractivity (Wildman–Crippen MR) is 128 cm³/mol. The summed E-state index contributed by atoms with van der Waals surface area (Å²) in [4.78, 5) is 41.0. The van der Waals surface area contributed by atoms with Gasteiger partial charge in [0.05, 0.1) is 29.2 Å². The second-order valence-electron chi connectivity index (χ2n) is 6.74. The van der Waals surface area contributed by atoms with Crippen LogP contribution in [0.1, 0.15) is 0 Å². The monoisotopic (exact) mass is 483 g/mol. The smallest absolute Gasteiger partial charge is 0.296 e. The number of nitrogens with two attached hydrogens (primary N) is 1. The Morgan fingerprint density at radius 2 is 2.06 bits per heavy atom. The lowest BCUT2D eigenvalue weighted by molar-refractivity contribution is -0.384. The zero-order chi connectivity index (χ0) is 23.5. The number of nitrogens with zero attached hydrogens (tertiary/aromatic N) is 3. The fourth-order valence-electron chi connectivity index (χ4n) is 3.13. The number of nitro groups is 1. The summed E-state index contributed by atoms with van der Waals surface area (Å²) in [6.07, 6.45) is 0. The summed E-state index contributed by atoms with van der Waals surface area (Å²) in [6, 6.07) is 13.5. The molecule has 0 bridgehead atoms. The largest absolute Gasteiger partial charge is 0.496 e. The number of rotatable bonds is 7. The molecule has 2 aromatic carbocycles. The summed E-state index contributed by atoms with van der Waals surface area (Å²) in [5.41, 5.74) is 0.937. The first-order valence-electron chi connectivity index (χ1n) is 9.49. The minimum atomic E-state index is -0.612. The molecule has 33 heavy (non-hydrogen) atoms. The highest BCUT2D eigenvalue weighted by atomic mass is 32.2. The summed E-state index contributed by atoms with van der Waals surface area (Å²) in [7, 11) is 1.39. The van der Waals surface area contributed by atoms with Gasteiger partial charge in [0, 0.05) is 10.9 Å². The van der Waals surface area contributed by atoms with E-state index in [0.29, 0.717) is 16.0 Å². The average Bonchev–Trinajstić information content (AvgIpc) is 3.25. The number of carbonyl (C=O) groups is 1. The summed E-state index contributed by atoms with van der Waals surface area (Å²) in [6.45, 7) is 0. The Balaban J connectivity index is 1.55. The molecule has 3 N–H and O–H groups in total. The van der Waals surface area contributed by atoms with E-state index in [-0.39, 0.29) is 22.3 Å². The maximum Gasteiger partial charge on any atom is 0.296 e. The molecule has 0 aliphatic carbocycles. The van der Waals surface area contributed by atoms with Gasteiger partial charge in [-0.15, -0.1) is 11.3 Å². The summed E-state index contributed by atoms with van der Waals surface area (Å²) >= 11 is 2.27. The number of nitrogen functional groups attached to an aromatic ring is 1. The van der Waals surface area contributed by atoms with Crippen LogP contribution in [0, 0.1) is 10.1 Å². The topological polar surface area (TPSA) is 142 Å². The van der Waals surface area contributed by atoms with Gasteiger partial charge < -0.3 is 15.9 Å². The number of ether oxygens (including phenoxy) is 1. The van der Waals surface area contributed by atoms with Crippen molar-refractivity contribution in [3.63, 3.8) is 0 Å². The number of methoxy groups -OCH3 is 1. The van der Waals surface area contributed by atoms with Gasteiger partial charge in [-0.05, 0) is 17.7 Å². The lowest BCUT2D eigenvalue weighted by Crippen LogP contribution is -2.30. The van der Waals surface area contributed by atoms with Crippen molar-refractivity contribution in [2.75, 3.05) is 24.0 Å². The van der Waals surface area contributed by atoms with Crippen LogP contribution in [0.5, 0.6) is 5.75 Å². The molecule has 0 radical (unpaired) electrons. The van der Waals surface area contributed by atoms with Gasteiger partial charge in [-0.2, -0.15) is 0 Å². The van der Waals surface area contributed by atoms with Crippen LogP contribution in [-0.4, -0.2) is 33.4 Å². The van der Waals surface area contributed by atoms with E-state index < -0.39 is 16.4 Å². The highest BCUT2D eigenvalue weighted by molar-refractivity contribution is 7.99. The number of thioether (sulfide) groups is 1. The molecule has 12 heteroatoms. The first-order chi connectivity index (χ1) is 15.9. The number of amides is 1. The second kappa shape index (κ2) is 9.30. The Bertz CT molecular complexity index is 1420. The number of nitrogens with one attached hydrogen (secondary N) is 1. The highest BCUT2D eigenvalue weighted by Crippen LogP contribution is 2.32. The molecule has 0 saturated carbocycles. The number of carbonyl (C=O) groups excluding carboxylic acids is 1. The molecule has 1 amide bonds. The number of aromatic nitrogens is 2. The van der Waals surface area contributed by atoms with Crippen molar-refractivity contribution in [2.45, 2.75) is 5.16 Å². The Morgan fingerprint density at radius 1 is 1.30 bits per heavy atom. The maximum absolute atomic E-state index is 12.9. The number of hydrogen-bond donors (Lipinski definition) is 2. The predicted octanol–water partition coefficient (Wildman–Crippen LogP) is 3.49. The number of hydrogen-bond acceptors (Lipinski definition) is 9. The van der Waals surface area contributed by atoms with Gasteiger partial charge in [0.1, 0.15) is 16.3 Å². The number of thiophene rings is 1. The molecule has 0 spiro atoms. The minimum Gasteiger partial charge on any atom is -0.496 e. The van der Waals surface area contributed by atoms with Gasteiger partial charge in [0.2, 0.25) is 5.91 Å². The van der Waals surface area contributed by atoms with E-state index in [1.165, 1.54) is 36.6 Å². The molecule has 0 unspecified atom stereocenters. The fourth-order valence-corrected chi connectivity index (χ4v) is 4.83. The molecule has 0 fully saturated rings. The van der Waals surface area contributed by atoms with Crippen LogP contribution >= 0.6 is 23.1 Å². The highest BCUT2D eigenvalue weighted by Gasteiger charge is 2.19. The van der Waals surface area contributed by atoms with E-state index in [0.717, 1.165) is 27.6 Å². The Hall–Kier alpha value is -3.90. The molecule has 0 atom stereocenters. The molecule has 4 rings (SSSR count). The lowest BCUT2D eigenvalue weighted by atomic mass is 10.1. The van der Waals surface area contributed by atoms with Gasteiger partial charge in [-0.1, -0.05) is 42.1 Å². The molecule has 0 aliphatic heterocycles. The summed E-state index contributed by atoms with van der Waals surface area (Å²) in [5, 5.41) is 16.2. The van der Waals surface area contributed by atoms with Gasteiger partial charge in [-0.25, -0.2) is 9.66 Å². The molecular formula is C21H17N5O5S2. The molecule has 4 aromatic rings. The van der Waals surface area contributed by atoms with Crippen molar-refractivity contribution in [1.29, 1.82) is 0 Å². The van der Waals surface area contributed by atoms with E-state index in [9.17, 15) is 19.7 Å². The molecule has 10 nitrogen and oxygen atoms in total. The number of anilines is 1. The van der Waals surface area contributed by atoms with Crippen LogP contribution in [0.15, 0.2) is 63.9 Å². The van der Waals surface area contributed by atoms with Gasteiger partial charge in [0.15, 0.2) is 5.16 Å². The zero-order valence-corrected chi connectivity index (χ0v) is 18.8. The van der Waals surface area contributed by atoms with Crippen molar-refractivity contribution in [2.24, 2.45) is 0 Å². The van der Waals surface area contributed by atoms with Crippen LogP contribution in [0.25, 0.3) is 21.3 Å². The molecule has 168 valence electrons. The van der Waals surface area contributed by atoms with Crippen LogP contribution < -0.4 is 21.5 Å². The molecular weight excluding hydrogens is 466 g/mol. The number of benzene rings is 2. The van der Waals surface area contributed by atoms with Crippen molar-refractivity contribution < 1.29 is 14.5 Å². The normalized spacial score (nSPS) is 10.8. The van der Waals surface area contributed by atoms with Crippen molar-refractivity contribution in [3.8, 4) is 16.9 Å². The average molecular weight is 484 g/mol. The van der Waals surface area contributed by atoms with E-state index in [2.05, 4.69) is 10.3 Å². The van der Waals surface area contributed by atoms with E-state index in [1.54, 1.807) is 0 Å². The fraction of sp³-hybridized carbons (Fsp3) is 0.0952. The Labute approximate surface area is 195 Å². The van der Waals surface area contributed by atoms with Gasteiger partial charge >= 0.3 is 0 Å². The Kier molecular flexibility index (Phi) is 6.29. The third kappa shape index (κ3) is 4.52. The van der Waals surface area contributed by atoms with Crippen LogP contribution in [0.2, 0.25) is 0 Å². The third-order valence-electron chi connectivity index (χ3n) is 4.70. The van der Waals surface area contributed by atoms with Gasteiger partial charge in [0.25, 0.3) is 11.2 Å². The lowest BCUT2D eigenvalue weighted by Gasteiger charge is -2.09. The maximum atomic E-state index is 12.9. The van der Waals surface area contributed by atoms with Crippen molar-refractivity contribution >= 4 is 50.6 Å². The van der Waals surface area contributed by atoms with E-state index in [1.807, 2.05) is 35.7 Å². The molecule has 2 aromatic heterocycles. The van der Waals surface area contributed by atoms with Gasteiger partial charge in [-0.3, -0.25) is 19.7 Å². The SMILES string of the molecule is COc1ccc(NC(=O)CSc2nc3scc(-c4ccccc4)c3c(=O)n2N)c([N+](=O)[O-])c1. The number of nitro benzene ring substituents is 1. The molecule has 0 aliphatic rings. The van der Waals surface area contributed by atoms with Crippen molar-refractivity contribution in [3.05, 3.63) is 74.4 Å².